The minimum absolute atomic E-state index is 0.00808. The molecule has 2 aliphatic rings. The molecule has 8 heteroatoms. The first-order valence-electron chi connectivity index (χ1n) is 9.93. The van der Waals surface area contributed by atoms with E-state index >= 15 is 0 Å². The second-order valence-corrected chi connectivity index (χ2v) is 8.90. The van der Waals surface area contributed by atoms with Crippen LogP contribution in [0.3, 0.4) is 0 Å². The number of hydrogen-bond acceptors (Lipinski definition) is 5. The lowest BCUT2D eigenvalue weighted by Gasteiger charge is -2.26. The molecule has 2 atom stereocenters. The third-order valence-corrected chi connectivity index (χ3v) is 5.42. The van der Waals surface area contributed by atoms with Crippen LogP contribution in [0.2, 0.25) is 0 Å². The number of hydrogen-bond donors (Lipinski definition) is 0. The van der Waals surface area contributed by atoms with Crippen LogP contribution in [0.15, 0.2) is 30.6 Å². The summed E-state index contributed by atoms with van der Waals surface area (Å²) in [6.07, 6.45) is 1.36. The molecule has 154 valence electrons. The Morgan fingerprint density at radius 3 is 2.24 bits per heavy atom. The summed E-state index contributed by atoms with van der Waals surface area (Å²) in [7, 11) is 1.80. The van der Waals surface area contributed by atoms with Crippen LogP contribution in [0, 0.1) is 11.8 Å². The highest BCUT2D eigenvalue weighted by molar-refractivity contribution is 6.00. The van der Waals surface area contributed by atoms with Gasteiger partial charge in [-0.2, -0.15) is 5.10 Å². The summed E-state index contributed by atoms with van der Waals surface area (Å²) in [5.41, 5.74) is 0.855. The number of amides is 2. The van der Waals surface area contributed by atoms with Crippen molar-refractivity contribution < 1.29 is 14.3 Å². The molecule has 2 aromatic rings. The average Bonchev–Trinajstić information content (AvgIpc) is 3.34. The van der Waals surface area contributed by atoms with Crippen molar-refractivity contribution in [3.05, 3.63) is 36.2 Å². The molecule has 8 nitrogen and oxygen atoms in total. The quantitative estimate of drug-likeness (QED) is 0.777. The zero-order chi connectivity index (χ0) is 20.8. The maximum Gasteiger partial charge on any atom is 0.410 e. The highest BCUT2D eigenvalue weighted by Crippen LogP contribution is 2.33. The summed E-state index contributed by atoms with van der Waals surface area (Å²) >= 11 is 0. The van der Waals surface area contributed by atoms with Crippen LogP contribution in [0.1, 0.15) is 31.1 Å². The third kappa shape index (κ3) is 3.97. The summed E-state index contributed by atoms with van der Waals surface area (Å²) in [4.78, 5) is 33.5. The largest absolute Gasteiger partial charge is 0.444 e. The highest BCUT2D eigenvalue weighted by Gasteiger charge is 2.44. The molecule has 0 aliphatic carbocycles. The molecule has 29 heavy (non-hydrogen) atoms. The Morgan fingerprint density at radius 1 is 1.03 bits per heavy atom. The molecule has 0 bridgehead atoms. The smallest absolute Gasteiger partial charge is 0.410 e. The fourth-order valence-corrected chi connectivity index (χ4v) is 4.13. The molecule has 2 amide bonds. The Bertz CT molecular complexity index is 918. The van der Waals surface area contributed by atoms with Gasteiger partial charge in [0.1, 0.15) is 11.9 Å². The topological polar surface area (TPSA) is 80.6 Å². The van der Waals surface area contributed by atoms with Gasteiger partial charge in [-0.3, -0.25) is 9.48 Å². The van der Waals surface area contributed by atoms with Crippen LogP contribution in [-0.4, -0.2) is 68.3 Å². The van der Waals surface area contributed by atoms with Gasteiger partial charge in [-0.15, -0.1) is 0 Å². The Morgan fingerprint density at radius 2 is 1.66 bits per heavy atom. The van der Waals surface area contributed by atoms with E-state index in [2.05, 4.69) is 10.1 Å². The van der Waals surface area contributed by atoms with E-state index < -0.39 is 5.60 Å². The van der Waals surface area contributed by atoms with Crippen molar-refractivity contribution in [1.29, 1.82) is 0 Å². The Balaban J connectivity index is 1.45. The standard InChI is InChI=1S/C21H27N5O3/c1-21(2,3)29-20(28)26-11-14-9-25(10-15(14)12-26)19(27)17-8-6-5-7-16(17)18-22-13-24(4)23-18/h5-8,13-15H,9-12H2,1-4H3. The van der Waals surface area contributed by atoms with Gasteiger partial charge in [0.2, 0.25) is 0 Å². The number of carbonyl (C=O) groups excluding carboxylic acids is 2. The predicted molar refractivity (Wildman–Crippen MR) is 107 cm³/mol. The molecule has 2 unspecified atom stereocenters. The van der Waals surface area contributed by atoms with E-state index in [1.165, 1.54) is 0 Å². The molecule has 0 spiro atoms. The second-order valence-electron chi connectivity index (χ2n) is 8.90. The first kappa shape index (κ1) is 19.4. The lowest BCUT2D eigenvalue weighted by atomic mass is 10.0. The fraction of sp³-hybridized carbons (Fsp3) is 0.524. The zero-order valence-corrected chi connectivity index (χ0v) is 17.3. The molecule has 3 heterocycles. The van der Waals surface area contributed by atoms with Gasteiger partial charge < -0.3 is 14.5 Å². The van der Waals surface area contributed by atoms with E-state index in [0.29, 0.717) is 37.6 Å². The molecular formula is C21H27N5O3. The summed E-state index contributed by atoms with van der Waals surface area (Å²) < 4.78 is 7.11. The van der Waals surface area contributed by atoms with Gasteiger partial charge >= 0.3 is 6.09 Å². The molecule has 0 radical (unpaired) electrons. The van der Waals surface area contributed by atoms with Gasteiger partial charge in [-0.25, -0.2) is 9.78 Å². The maximum absolute atomic E-state index is 13.2. The predicted octanol–water partition coefficient (Wildman–Crippen LogP) is 2.42. The number of carbonyl (C=O) groups is 2. The normalized spacial score (nSPS) is 21.4. The molecule has 0 N–H and O–H groups in total. The fourth-order valence-electron chi connectivity index (χ4n) is 4.13. The number of ether oxygens (including phenoxy) is 1. The Kier molecular flexibility index (Phi) is 4.80. The van der Waals surface area contributed by atoms with E-state index in [1.54, 1.807) is 23.0 Å². The van der Waals surface area contributed by atoms with Crippen LogP contribution < -0.4 is 0 Å². The summed E-state index contributed by atoms with van der Waals surface area (Å²) in [6, 6.07) is 7.46. The maximum atomic E-state index is 13.2. The van der Waals surface area contributed by atoms with Crippen molar-refractivity contribution >= 4 is 12.0 Å². The van der Waals surface area contributed by atoms with Crippen molar-refractivity contribution in [2.75, 3.05) is 26.2 Å². The molecule has 1 aromatic carbocycles. The second kappa shape index (κ2) is 7.17. The lowest BCUT2D eigenvalue weighted by Crippen LogP contribution is -2.38. The van der Waals surface area contributed by atoms with Crippen LogP contribution in [0.4, 0.5) is 4.79 Å². The van der Waals surface area contributed by atoms with Gasteiger partial charge in [-0.05, 0) is 26.8 Å². The summed E-state index contributed by atoms with van der Waals surface area (Å²) in [6.45, 7) is 8.17. The van der Waals surface area contributed by atoms with Crippen molar-refractivity contribution in [1.82, 2.24) is 24.6 Å². The number of fused-ring (bicyclic) bond motifs is 1. The molecule has 4 rings (SSSR count). The van der Waals surface area contributed by atoms with Crippen molar-refractivity contribution in [2.24, 2.45) is 18.9 Å². The Hall–Kier alpha value is -2.90. The van der Waals surface area contributed by atoms with E-state index in [1.807, 2.05) is 49.9 Å². The van der Waals surface area contributed by atoms with Crippen molar-refractivity contribution in [2.45, 2.75) is 26.4 Å². The zero-order valence-electron chi connectivity index (χ0n) is 17.3. The SMILES string of the molecule is Cn1cnc(-c2ccccc2C(=O)N2CC3CN(C(=O)OC(C)(C)C)CC3C2)n1. The Labute approximate surface area is 170 Å². The molecule has 2 aliphatic heterocycles. The number of rotatable bonds is 2. The van der Waals surface area contributed by atoms with Gasteiger partial charge in [0.05, 0.1) is 5.56 Å². The molecular weight excluding hydrogens is 370 g/mol. The molecule has 2 saturated heterocycles. The lowest BCUT2D eigenvalue weighted by molar-refractivity contribution is 0.0275. The minimum Gasteiger partial charge on any atom is -0.444 e. The highest BCUT2D eigenvalue weighted by atomic mass is 16.6. The van der Waals surface area contributed by atoms with E-state index in [4.69, 9.17) is 4.74 Å². The monoisotopic (exact) mass is 397 g/mol. The van der Waals surface area contributed by atoms with Gasteiger partial charge in [0.15, 0.2) is 5.82 Å². The molecule has 2 fully saturated rings. The van der Waals surface area contributed by atoms with Crippen LogP contribution in [-0.2, 0) is 11.8 Å². The van der Waals surface area contributed by atoms with Crippen molar-refractivity contribution in [3.8, 4) is 11.4 Å². The van der Waals surface area contributed by atoms with Crippen LogP contribution in [0.5, 0.6) is 0 Å². The summed E-state index contributed by atoms with van der Waals surface area (Å²) in [5.74, 6) is 1.11. The van der Waals surface area contributed by atoms with E-state index in [-0.39, 0.29) is 23.8 Å². The number of aryl methyl sites for hydroxylation is 1. The van der Waals surface area contributed by atoms with E-state index in [9.17, 15) is 9.59 Å². The minimum atomic E-state index is -0.500. The first-order valence-corrected chi connectivity index (χ1v) is 9.93. The van der Waals surface area contributed by atoms with Crippen LogP contribution >= 0.6 is 0 Å². The van der Waals surface area contributed by atoms with E-state index in [0.717, 1.165) is 5.56 Å². The number of aromatic nitrogens is 3. The third-order valence-electron chi connectivity index (χ3n) is 5.42. The van der Waals surface area contributed by atoms with Crippen LogP contribution in [0.25, 0.3) is 11.4 Å². The molecule has 1 aromatic heterocycles. The van der Waals surface area contributed by atoms with Gasteiger partial charge in [0.25, 0.3) is 5.91 Å². The first-order chi connectivity index (χ1) is 13.7. The van der Waals surface area contributed by atoms with Crippen molar-refractivity contribution in [3.63, 3.8) is 0 Å². The number of likely N-dealkylation sites (tertiary alicyclic amines) is 2. The number of benzene rings is 1. The number of nitrogens with zero attached hydrogens (tertiary/aromatic N) is 5. The average molecular weight is 397 g/mol. The molecule has 0 saturated carbocycles. The van der Waals surface area contributed by atoms with Gasteiger partial charge in [0, 0.05) is 50.6 Å². The summed E-state index contributed by atoms with van der Waals surface area (Å²) in [5, 5.41) is 4.34. The van der Waals surface area contributed by atoms with Gasteiger partial charge in [-0.1, -0.05) is 18.2 Å².